The fraction of sp³-hybridized carbons (Fsp3) is 0. The van der Waals surface area contributed by atoms with Gasteiger partial charge >= 0.3 is 5.97 Å². The van der Waals surface area contributed by atoms with Crippen LogP contribution in [0.5, 0.6) is 0 Å². The van der Waals surface area contributed by atoms with Gasteiger partial charge in [0.2, 0.25) is 0 Å². The molecule has 88 valence electrons. The van der Waals surface area contributed by atoms with Gasteiger partial charge < -0.3 is 5.11 Å². The van der Waals surface area contributed by atoms with Gasteiger partial charge in [-0.25, -0.2) is 9.78 Å². The summed E-state index contributed by atoms with van der Waals surface area (Å²) in [5, 5.41) is 16.6. The highest BCUT2D eigenvalue weighted by Gasteiger charge is 2.10. The summed E-state index contributed by atoms with van der Waals surface area (Å²) in [6, 6.07) is 7.09. The predicted octanol–water partition coefficient (Wildman–Crippen LogP) is 1.49. The molecule has 0 aliphatic carbocycles. The van der Waals surface area contributed by atoms with Crippen LogP contribution in [0.2, 0.25) is 0 Å². The fourth-order valence-electron chi connectivity index (χ4n) is 1.73. The molecule has 3 aromatic rings. The van der Waals surface area contributed by atoms with Crippen molar-refractivity contribution >= 4 is 11.6 Å². The number of nitrogens with zero attached hydrogens (tertiary/aromatic N) is 4. The molecule has 0 bridgehead atoms. The summed E-state index contributed by atoms with van der Waals surface area (Å²) in [6.07, 6.45) is 4.70. The van der Waals surface area contributed by atoms with Crippen molar-refractivity contribution in [2.75, 3.05) is 0 Å². The normalized spacial score (nSPS) is 10.7. The molecular formula is C12H8N4O2. The van der Waals surface area contributed by atoms with Gasteiger partial charge in [-0.1, -0.05) is 6.07 Å². The van der Waals surface area contributed by atoms with E-state index >= 15 is 0 Å². The number of carboxylic acids is 1. The Kier molecular flexibility index (Phi) is 2.26. The van der Waals surface area contributed by atoms with Gasteiger partial charge in [0.1, 0.15) is 11.3 Å². The second kappa shape index (κ2) is 3.92. The summed E-state index contributed by atoms with van der Waals surface area (Å²) in [5.41, 5.74) is 2.07. The van der Waals surface area contributed by atoms with E-state index in [4.69, 9.17) is 5.11 Å². The maximum atomic E-state index is 10.9. The maximum Gasteiger partial charge on any atom is 0.337 e. The van der Waals surface area contributed by atoms with Gasteiger partial charge in [0.25, 0.3) is 0 Å². The molecule has 0 saturated heterocycles. The Hall–Kier alpha value is -2.76. The average molecular weight is 240 g/mol. The second-order valence-corrected chi connectivity index (χ2v) is 3.71. The number of carbonyl (C=O) groups is 1. The van der Waals surface area contributed by atoms with Crippen LogP contribution in [0.25, 0.3) is 17.0 Å². The van der Waals surface area contributed by atoms with Gasteiger partial charge in [-0.3, -0.25) is 4.40 Å². The van der Waals surface area contributed by atoms with Gasteiger partial charge in [0.05, 0.1) is 23.7 Å². The zero-order valence-corrected chi connectivity index (χ0v) is 9.19. The van der Waals surface area contributed by atoms with Crippen molar-refractivity contribution in [3.8, 4) is 11.4 Å². The zero-order chi connectivity index (χ0) is 12.5. The Morgan fingerprint density at radius 3 is 3.00 bits per heavy atom. The first kappa shape index (κ1) is 10.4. The van der Waals surface area contributed by atoms with E-state index in [0.29, 0.717) is 11.4 Å². The van der Waals surface area contributed by atoms with Crippen LogP contribution in [0.1, 0.15) is 10.4 Å². The van der Waals surface area contributed by atoms with E-state index in [9.17, 15) is 4.79 Å². The van der Waals surface area contributed by atoms with Crippen LogP contribution in [0, 0.1) is 0 Å². The molecule has 0 aliphatic rings. The molecule has 0 radical (unpaired) electrons. The summed E-state index contributed by atoms with van der Waals surface area (Å²) in [4.78, 5) is 15.1. The van der Waals surface area contributed by atoms with E-state index in [2.05, 4.69) is 15.2 Å². The third-order valence-electron chi connectivity index (χ3n) is 2.58. The number of carboxylic acid groups (broad SMARTS) is 1. The van der Waals surface area contributed by atoms with Crippen molar-refractivity contribution in [3.05, 3.63) is 48.4 Å². The molecule has 0 spiro atoms. The Morgan fingerprint density at radius 1 is 1.28 bits per heavy atom. The van der Waals surface area contributed by atoms with Crippen molar-refractivity contribution in [1.29, 1.82) is 0 Å². The topological polar surface area (TPSA) is 80.4 Å². The van der Waals surface area contributed by atoms with Gasteiger partial charge in [-0.05, 0) is 18.2 Å². The van der Waals surface area contributed by atoms with Crippen LogP contribution >= 0.6 is 0 Å². The first-order chi connectivity index (χ1) is 8.75. The SMILES string of the molecule is O=C(O)c1cnnc(-c2cnc3ccccn23)c1. The quantitative estimate of drug-likeness (QED) is 0.734. The second-order valence-electron chi connectivity index (χ2n) is 3.71. The molecule has 3 aromatic heterocycles. The van der Waals surface area contributed by atoms with Gasteiger partial charge in [-0.2, -0.15) is 5.10 Å². The van der Waals surface area contributed by atoms with Crippen LogP contribution in [0.15, 0.2) is 42.9 Å². The number of hydrogen-bond donors (Lipinski definition) is 1. The van der Waals surface area contributed by atoms with E-state index in [1.807, 2.05) is 28.8 Å². The standard InChI is InChI=1S/C12H8N4O2/c17-12(18)8-5-9(15-14-6-8)10-7-13-11-3-1-2-4-16(10)11/h1-7H,(H,17,18). The first-order valence-corrected chi connectivity index (χ1v) is 5.24. The summed E-state index contributed by atoms with van der Waals surface area (Å²) in [7, 11) is 0. The largest absolute Gasteiger partial charge is 0.478 e. The molecule has 1 N–H and O–H groups in total. The lowest BCUT2D eigenvalue weighted by Crippen LogP contribution is -2.00. The van der Waals surface area contributed by atoms with Crippen molar-refractivity contribution in [3.63, 3.8) is 0 Å². The molecule has 0 saturated carbocycles. The molecule has 0 amide bonds. The van der Waals surface area contributed by atoms with E-state index in [1.165, 1.54) is 12.3 Å². The molecule has 0 aromatic carbocycles. The molecule has 0 fully saturated rings. The number of aromatic carboxylic acids is 1. The third-order valence-corrected chi connectivity index (χ3v) is 2.58. The number of imidazole rings is 1. The van der Waals surface area contributed by atoms with Crippen LogP contribution in [0.3, 0.4) is 0 Å². The smallest absolute Gasteiger partial charge is 0.337 e. The average Bonchev–Trinajstić information content (AvgIpc) is 2.82. The van der Waals surface area contributed by atoms with Gasteiger partial charge in [0.15, 0.2) is 0 Å². The third kappa shape index (κ3) is 1.60. The lowest BCUT2D eigenvalue weighted by atomic mass is 10.2. The van der Waals surface area contributed by atoms with Crippen LogP contribution in [0.4, 0.5) is 0 Å². The highest BCUT2D eigenvalue weighted by Crippen LogP contribution is 2.18. The molecule has 0 aliphatic heterocycles. The molecule has 18 heavy (non-hydrogen) atoms. The Bertz CT molecular complexity index is 736. The fourth-order valence-corrected chi connectivity index (χ4v) is 1.73. The van der Waals surface area contributed by atoms with Crippen LogP contribution in [-0.2, 0) is 0 Å². The summed E-state index contributed by atoms with van der Waals surface area (Å²) >= 11 is 0. The Balaban J connectivity index is 2.20. The van der Waals surface area contributed by atoms with E-state index < -0.39 is 5.97 Å². The van der Waals surface area contributed by atoms with Crippen molar-refractivity contribution in [1.82, 2.24) is 19.6 Å². The van der Waals surface area contributed by atoms with Crippen molar-refractivity contribution in [2.45, 2.75) is 0 Å². The summed E-state index contributed by atoms with van der Waals surface area (Å²) in [6.45, 7) is 0. The minimum Gasteiger partial charge on any atom is -0.478 e. The van der Waals surface area contributed by atoms with E-state index in [1.54, 1.807) is 6.20 Å². The molecule has 3 heterocycles. The van der Waals surface area contributed by atoms with Crippen LogP contribution < -0.4 is 0 Å². The molecule has 3 rings (SSSR count). The molecule has 0 atom stereocenters. The maximum absolute atomic E-state index is 10.9. The summed E-state index contributed by atoms with van der Waals surface area (Å²) < 4.78 is 1.83. The highest BCUT2D eigenvalue weighted by molar-refractivity contribution is 5.88. The van der Waals surface area contributed by atoms with E-state index in [-0.39, 0.29) is 5.56 Å². The number of fused-ring (bicyclic) bond motifs is 1. The molecule has 6 heteroatoms. The number of aromatic nitrogens is 4. The highest BCUT2D eigenvalue weighted by atomic mass is 16.4. The van der Waals surface area contributed by atoms with Gasteiger partial charge in [-0.15, -0.1) is 5.10 Å². The van der Waals surface area contributed by atoms with Crippen molar-refractivity contribution in [2.24, 2.45) is 0 Å². The monoisotopic (exact) mass is 240 g/mol. The van der Waals surface area contributed by atoms with Gasteiger partial charge in [0, 0.05) is 6.20 Å². The summed E-state index contributed by atoms with van der Waals surface area (Å²) in [5.74, 6) is -1.03. The molecule has 0 unspecified atom stereocenters. The minimum absolute atomic E-state index is 0.103. The zero-order valence-electron chi connectivity index (χ0n) is 9.19. The Morgan fingerprint density at radius 2 is 2.17 bits per heavy atom. The molecule has 6 nitrogen and oxygen atoms in total. The first-order valence-electron chi connectivity index (χ1n) is 5.24. The predicted molar refractivity (Wildman–Crippen MR) is 63.2 cm³/mol. The molecular weight excluding hydrogens is 232 g/mol. The van der Waals surface area contributed by atoms with Crippen LogP contribution in [-0.4, -0.2) is 30.7 Å². The van der Waals surface area contributed by atoms with E-state index in [0.717, 1.165) is 5.65 Å². The van der Waals surface area contributed by atoms with Crippen molar-refractivity contribution < 1.29 is 9.90 Å². The Labute approximate surface area is 102 Å². The lowest BCUT2D eigenvalue weighted by Gasteiger charge is -2.00. The number of rotatable bonds is 2. The minimum atomic E-state index is -1.03. The lowest BCUT2D eigenvalue weighted by molar-refractivity contribution is 0.0696. The number of hydrogen-bond acceptors (Lipinski definition) is 4. The number of pyridine rings is 1.